The van der Waals surface area contributed by atoms with Crippen molar-refractivity contribution in [2.45, 2.75) is 30.4 Å². The van der Waals surface area contributed by atoms with Crippen molar-refractivity contribution in [2.75, 3.05) is 5.32 Å². The average Bonchev–Trinajstić information content (AvgIpc) is 2.16. The predicted octanol–water partition coefficient (Wildman–Crippen LogP) is 4.04. The first kappa shape index (κ1) is 13.0. The Morgan fingerprint density at radius 3 is 2.59 bits per heavy atom. The molecule has 1 aromatic heterocycles. The highest BCUT2D eigenvalue weighted by atomic mass is 79.9. The molecular weight excluding hydrogens is 320 g/mol. The molecule has 0 radical (unpaired) electrons. The summed E-state index contributed by atoms with van der Waals surface area (Å²) in [5.41, 5.74) is -0.759. The monoisotopic (exact) mass is 328 g/mol. The summed E-state index contributed by atoms with van der Waals surface area (Å²) in [6, 6.07) is 0.999. The van der Waals surface area contributed by atoms with E-state index in [-0.39, 0.29) is 17.2 Å². The Morgan fingerprint density at radius 1 is 1.41 bits per heavy atom. The number of hydrogen-bond acceptors (Lipinski definition) is 2. The second kappa shape index (κ2) is 4.65. The van der Waals surface area contributed by atoms with E-state index in [4.69, 9.17) is 11.6 Å². The lowest BCUT2D eigenvalue weighted by Crippen LogP contribution is -2.36. The highest BCUT2D eigenvalue weighted by molar-refractivity contribution is 9.10. The molecule has 0 bridgehead atoms. The number of halogens is 5. The zero-order valence-electron chi connectivity index (χ0n) is 8.56. The Morgan fingerprint density at radius 2 is 2.06 bits per heavy atom. The molecule has 0 amide bonds. The smallest absolute Gasteiger partial charge is 0.367 e. The maximum absolute atomic E-state index is 12.8. The van der Waals surface area contributed by atoms with Gasteiger partial charge >= 0.3 is 6.18 Å². The molecule has 2 rings (SSSR count). The number of anilines is 1. The van der Waals surface area contributed by atoms with Gasteiger partial charge in [-0.2, -0.15) is 13.2 Å². The maximum atomic E-state index is 12.8. The number of pyridine rings is 1. The van der Waals surface area contributed by atoms with Crippen molar-refractivity contribution in [3.05, 3.63) is 22.3 Å². The summed E-state index contributed by atoms with van der Waals surface area (Å²) in [5, 5.41) is 2.83. The van der Waals surface area contributed by atoms with Crippen LogP contribution in [0.25, 0.3) is 0 Å². The van der Waals surface area contributed by atoms with E-state index in [1.165, 1.54) is 6.20 Å². The van der Waals surface area contributed by atoms with Crippen molar-refractivity contribution < 1.29 is 13.2 Å². The molecular formula is C10H9BrClF3N2. The van der Waals surface area contributed by atoms with Crippen LogP contribution in [0.5, 0.6) is 0 Å². The van der Waals surface area contributed by atoms with E-state index in [1.807, 2.05) is 0 Å². The molecule has 0 aliphatic heterocycles. The standard InChI is InChI=1S/C10H9BrClF3N2/c11-5-1-8(10(13,14)15)9(16-4-5)17-7-2-6(12)3-7/h1,4,6-7H,2-3H2,(H,16,17). The van der Waals surface area contributed by atoms with Gasteiger partial charge in [-0.15, -0.1) is 11.6 Å². The molecule has 1 aliphatic carbocycles. The number of aromatic nitrogens is 1. The number of rotatable bonds is 2. The summed E-state index contributed by atoms with van der Waals surface area (Å²) in [7, 11) is 0. The van der Waals surface area contributed by atoms with Crippen LogP contribution in [0.2, 0.25) is 0 Å². The Labute approximate surface area is 110 Å². The molecule has 1 aromatic rings. The van der Waals surface area contributed by atoms with E-state index in [0.717, 1.165) is 6.07 Å². The molecule has 1 saturated carbocycles. The van der Waals surface area contributed by atoms with Gasteiger partial charge in [0.2, 0.25) is 0 Å². The van der Waals surface area contributed by atoms with Gasteiger partial charge in [0.15, 0.2) is 0 Å². The number of hydrogen-bond donors (Lipinski definition) is 1. The minimum atomic E-state index is -4.41. The fourth-order valence-corrected chi connectivity index (χ4v) is 2.39. The Balaban J connectivity index is 2.21. The molecule has 1 aliphatic rings. The summed E-state index contributed by atoms with van der Waals surface area (Å²) in [5.74, 6) is -0.130. The van der Waals surface area contributed by atoms with E-state index in [1.54, 1.807) is 0 Å². The van der Waals surface area contributed by atoms with Gasteiger partial charge in [-0.25, -0.2) is 4.98 Å². The molecule has 1 heterocycles. The van der Waals surface area contributed by atoms with Crippen LogP contribution in [0.4, 0.5) is 19.0 Å². The molecule has 1 N–H and O–H groups in total. The summed E-state index contributed by atoms with van der Waals surface area (Å²) in [6.07, 6.45) is -1.75. The van der Waals surface area contributed by atoms with Crippen molar-refractivity contribution >= 4 is 33.3 Å². The van der Waals surface area contributed by atoms with Crippen LogP contribution in [0.15, 0.2) is 16.7 Å². The van der Waals surface area contributed by atoms with E-state index >= 15 is 0 Å². The maximum Gasteiger partial charge on any atom is 0.419 e. The lowest BCUT2D eigenvalue weighted by Gasteiger charge is -2.32. The van der Waals surface area contributed by atoms with Crippen LogP contribution in [0.1, 0.15) is 18.4 Å². The van der Waals surface area contributed by atoms with Crippen LogP contribution in [-0.4, -0.2) is 16.4 Å². The first-order chi connectivity index (χ1) is 7.86. The molecule has 94 valence electrons. The highest BCUT2D eigenvalue weighted by Crippen LogP contribution is 2.37. The van der Waals surface area contributed by atoms with Crippen molar-refractivity contribution in [2.24, 2.45) is 0 Å². The SMILES string of the molecule is FC(F)(F)c1cc(Br)cnc1NC1CC(Cl)C1. The van der Waals surface area contributed by atoms with Gasteiger partial charge in [-0.05, 0) is 34.8 Å². The molecule has 0 saturated heterocycles. The molecule has 17 heavy (non-hydrogen) atoms. The fourth-order valence-electron chi connectivity index (χ4n) is 1.63. The van der Waals surface area contributed by atoms with Gasteiger partial charge in [0.05, 0.1) is 5.56 Å². The van der Waals surface area contributed by atoms with Gasteiger partial charge in [0.1, 0.15) is 5.82 Å². The van der Waals surface area contributed by atoms with E-state index < -0.39 is 11.7 Å². The van der Waals surface area contributed by atoms with Crippen LogP contribution < -0.4 is 5.32 Å². The third-order valence-corrected chi connectivity index (χ3v) is 3.37. The average molecular weight is 330 g/mol. The molecule has 7 heteroatoms. The second-order valence-corrected chi connectivity index (χ2v) is 5.49. The Bertz CT molecular complexity index is 419. The summed E-state index contributed by atoms with van der Waals surface area (Å²) < 4.78 is 38.6. The minimum Gasteiger partial charge on any atom is -0.367 e. The van der Waals surface area contributed by atoms with Crippen molar-refractivity contribution in [1.29, 1.82) is 0 Å². The van der Waals surface area contributed by atoms with Crippen molar-refractivity contribution in [1.82, 2.24) is 4.98 Å². The Hall–Kier alpha value is -0.490. The lowest BCUT2D eigenvalue weighted by atomic mass is 9.92. The predicted molar refractivity (Wildman–Crippen MR) is 63.2 cm³/mol. The van der Waals surface area contributed by atoms with Crippen molar-refractivity contribution in [3.63, 3.8) is 0 Å². The van der Waals surface area contributed by atoms with Gasteiger partial charge in [0.25, 0.3) is 0 Å². The van der Waals surface area contributed by atoms with E-state index in [9.17, 15) is 13.2 Å². The van der Waals surface area contributed by atoms with E-state index in [2.05, 4.69) is 26.2 Å². The third-order valence-electron chi connectivity index (χ3n) is 2.58. The van der Waals surface area contributed by atoms with Crippen LogP contribution in [0, 0.1) is 0 Å². The highest BCUT2D eigenvalue weighted by Gasteiger charge is 2.36. The summed E-state index contributed by atoms with van der Waals surface area (Å²) >= 11 is 8.76. The quantitative estimate of drug-likeness (QED) is 0.828. The van der Waals surface area contributed by atoms with Crippen LogP contribution >= 0.6 is 27.5 Å². The molecule has 0 atom stereocenters. The number of nitrogens with one attached hydrogen (secondary N) is 1. The number of alkyl halides is 4. The van der Waals surface area contributed by atoms with Gasteiger partial charge in [0, 0.05) is 22.1 Å². The summed E-state index contributed by atoms with van der Waals surface area (Å²) in [6.45, 7) is 0. The van der Waals surface area contributed by atoms with Crippen LogP contribution in [-0.2, 0) is 6.18 Å². The normalized spacial score (nSPS) is 24.3. The largest absolute Gasteiger partial charge is 0.419 e. The van der Waals surface area contributed by atoms with Crippen LogP contribution in [0.3, 0.4) is 0 Å². The molecule has 0 aromatic carbocycles. The van der Waals surface area contributed by atoms with Crippen molar-refractivity contribution in [3.8, 4) is 0 Å². The zero-order chi connectivity index (χ0) is 12.6. The third kappa shape index (κ3) is 3.04. The topological polar surface area (TPSA) is 24.9 Å². The molecule has 0 unspecified atom stereocenters. The van der Waals surface area contributed by atoms with Gasteiger partial charge in [-0.1, -0.05) is 0 Å². The second-order valence-electron chi connectivity index (χ2n) is 3.96. The minimum absolute atomic E-state index is 0.0210. The van der Waals surface area contributed by atoms with E-state index in [0.29, 0.717) is 17.3 Å². The van der Waals surface area contributed by atoms with Gasteiger partial charge in [-0.3, -0.25) is 0 Å². The first-order valence-electron chi connectivity index (χ1n) is 4.99. The number of nitrogens with zero attached hydrogens (tertiary/aromatic N) is 1. The fraction of sp³-hybridized carbons (Fsp3) is 0.500. The van der Waals surface area contributed by atoms with Gasteiger partial charge < -0.3 is 5.32 Å². The first-order valence-corrected chi connectivity index (χ1v) is 6.22. The molecule has 0 spiro atoms. The Kier molecular flexibility index (Phi) is 3.54. The summed E-state index contributed by atoms with van der Waals surface area (Å²) in [4.78, 5) is 3.77. The molecule has 1 fully saturated rings. The molecule has 2 nitrogen and oxygen atoms in total. The lowest BCUT2D eigenvalue weighted by molar-refractivity contribution is -0.137. The zero-order valence-corrected chi connectivity index (χ0v) is 10.9.